The van der Waals surface area contributed by atoms with E-state index in [2.05, 4.69) is 37.5 Å². The fraction of sp³-hybridized carbons (Fsp3) is 1.00. The Balaban J connectivity index is 1.29. The predicted octanol–water partition coefficient (Wildman–Crippen LogP) is 4.11. The summed E-state index contributed by atoms with van der Waals surface area (Å²) in [6.07, 6.45) is 7.43. The lowest BCUT2D eigenvalue weighted by atomic mass is 9.72. The standard InChI is InChI=1S/C20H38N2/c1-15(2)12-21-13-18(14-21)9-17-5-7-22(8-6-17)20-10-19(11-20)16(3)4/h15-20H,5-14H2,1-4H3. The van der Waals surface area contributed by atoms with Crippen LogP contribution in [0, 0.1) is 29.6 Å². The summed E-state index contributed by atoms with van der Waals surface area (Å²) in [5.74, 6) is 4.81. The summed E-state index contributed by atoms with van der Waals surface area (Å²) in [6.45, 7) is 16.3. The summed E-state index contributed by atoms with van der Waals surface area (Å²) >= 11 is 0. The van der Waals surface area contributed by atoms with E-state index in [0.717, 1.165) is 35.6 Å². The van der Waals surface area contributed by atoms with Crippen molar-refractivity contribution in [3.05, 3.63) is 0 Å². The van der Waals surface area contributed by atoms with Gasteiger partial charge >= 0.3 is 0 Å². The summed E-state index contributed by atoms with van der Waals surface area (Å²) in [7, 11) is 0. The first-order valence-corrected chi connectivity index (χ1v) is 9.97. The van der Waals surface area contributed by atoms with Gasteiger partial charge in [0, 0.05) is 25.7 Å². The molecule has 0 amide bonds. The van der Waals surface area contributed by atoms with Gasteiger partial charge < -0.3 is 9.80 Å². The minimum atomic E-state index is 0.835. The molecule has 2 aliphatic heterocycles. The fourth-order valence-electron chi connectivity index (χ4n) is 4.99. The number of hydrogen-bond donors (Lipinski definition) is 0. The quantitative estimate of drug-likeness (QED) is 0.728. The lowest BCUT2D eigenvalue weighted by Crippen LogP contribution is -2.51. The Morgan fingerprint density at radius 3 is 2.09 bits per heavy atom. The molecule has 0 aromatic rings. The van der Waals surface area contributed by atoms with Gasteiger partial charge in [0.15, 0.2) is 0 Å². The molecule has 2 saturated heterocycles. The Bertz CT molecular complexity index is 332. The minimum absolute atomic E-state index is 0.835. The van der Waals surface area contributed by atoms with Crippen molar-refractivity contribution in [2.45, 2.75) is 65.8 Å². The molecule has 0 spiro atoms. The van der Waals surface area contributed by atoms with E-state index in [4.69, 9.17) is 0 Å². The van der Waals surface area contributed by atoms with Crippen molar-refractivity contribution in [2.24, 2.45) is 29.6 Å². The van der Waals surface area contributed by atoms with Crippen LogP contribution in [0.5, 0.6) is 0 Å². The second-order valence-electron chi connectivity index (χ2n) is 9.32. The third kappa shape index (κ3) is 4.06. The van der Waals surface area contributed by atoms with E-state index in [-0.39, 0.29) is 0 Å². The van der Waals surface area contributed by atoms with Crippen LogP contribution in [-0.4, -0.2) is 48.6 Å². The summed E-state index contributed by atoms with van der Waals surface area (Å²) < 4.78 is 0. The van der Waals surface area contributed by atoms with Crippen LogP contribution in [0.1, 0.15) is 59.8 Å². The molecular weight excluding hydrogens is 268 g/mol. The lowest BCUT2D eigenvalue weighted by Gasteiger charge is -2.48. The number of nitrogens with zero attached hydrogens (tertiary/aromatic N) is 2. The van der Waals surface area contributed by atoms with E-state index in [9.17, 15) is 0 Å². The fourth-order valence-corrected chi connectivity index (χ4v) is 4.99. The molecule has 2 heterocycles. The molecule has 3 aliphatic rings. The molecule has 128 valence electrons. The Morgan fingerprint density at radius 1 is 0.909 bits per heavy atom. The van der Waals surface area contributed by atoms with Gasteiger partial charge in [0.2, 0.25) is 0 Å². The Hall–Kier alpha value is -0.0800. The van der Waals surface area contributed by atoms with Crippen LogP contribution in [0.25, 0.3) is 0 Å². The first-order valence-electron chi connectivity index (χ1n) is 9.97. The maximum absolute atomic E-state index is 2.82. The molecule has 0 aromatic carbocycles. The Kier molecular flexibility index (Phi) is 5.50. The second kappa shape index (κ2) is 7.21. The zero-order valence-corrected chi connectivity index (χ0v) is 15.4. The summed E-state index contributed by atoms with van der Waals surface area (Å²) in [4.78, 5) is 5.48. The molecule has 3 fully saturated rings. The highest BCUT2D eigenvalue weighted by Gasteiger charge is 2.37. The minimum Gasteiger partial charge on any atom is -0.302 e. The molecule has 22 heavy (non-hydrogen) atoms. The van der Waals surface area contributed by atoms with Crippen LogP contribution in [0.2, 0.25) is 0 Å². The second-order valence-corrected chi connectivity index (χ2v) is 9.32. The number of piperidine rings is 1. The van der Waals surface area contributed by atoms with Crippen LogP contribution in [-0.2, 0) is 0 Å². The molecule has 0 atom stereocenters. The van der Waals surface area contributed by atoms with Gasteiger partial charge in [-0.1, -0.05) is 27.7 Å². The maximum Gasteiger partial charge on any atom is 0.0101 e. The van der Waals surface area contributed by atoms with E-state index in [1.165, 1.54) is 64.8 Å². The monoisotopic (exact) mass is 306 g/mol. The van der Waals surface area contributed by atoms with Crippen molar-refractivity contribution in [1.29, 1.82) is 0 Å². The molecule has 0 aromatic heterocycles. The van der Waals surface area contributed by atoms with E-state index in [1.54, 1.807) is 0 Å². The van der Waals surface area contributed by atoms with Crippen molar-refractivity contribution >= 4 is 0 Å². The molecule has 2 nitrogen and oxygen atoms in total. The van der Waals surface area contributed by atoms with Crippen molar-refractivity contribution in [2.75, 3.05) is 32.7 Å². The van der Waals surface area contributed by atoms with Gasteiger partial charge in [-0.2, -0.15) is 0 Å². The van der Waals surface area contributed by atoms with E-state index in [1.807, 2.05) is 0 Å². The smallest absolute Gasteiger partial charge is 0.0101 e. The lowest BCUT2D eigenvalue weighted by molar-refractivity contribution is 0.0175. The molecule has 0 radical (unpaired) electrons. The first-order chi connectivity index (χ1) is 10.5. The van der Waals surface area contributed by atoms with Gasteiger partial charge in [-0.05, 0) is 74.8 Å². The molecule has 2 heteroatoms. The van der Waals surface area contributed by atoms with Gasteiger partial charge in [0.05, 0.1) is 0 Å². The molecule has 0 unspecified atom stereocenters. The maximum atomic E-state index is 2.82. The third-order valence-electron chi connectivity index (χ3n) is 6.58. The first kappa shape index (κ1) is 16.8. The zero-order chi connectivity index (χ0) is 15.7. The predicted molar refractivity (Wildman–Crippen MR) is 95.0 cm³/mol. The van der Waals surface area contributed by atoms with Crippen LogP contribution in [0.3, 0.4) is 0 Å². The number of hydrogen-bond acceptors (Lipinski definition) is 2. The molecule has 1 saturated carbocycles. The normalized spacial score (nSPS) is 32.5. The third-order valence-corrected chi connectivity index (χ3v) is 6.58. The summed E-state index contributed by atoms with van der Waals surface area (Å²) in [6, 6.07) is 0.943. The van der Waals surface area contributed by atoms with Crippen LogP contribution in [0.4, 0.5) is 0 Å². The summed E-state index contributed by atoms with van der Waals surface area (Å²) in [5.41, 5.74) is 0. The highest BCUT2D eigenvalue weighted by Crippen LogP contribution is 2.39. The molecular formula is C20H38N2. The van der Waals surface area contributed by atoms with Gasteiger partial charge in [0.1, 0.15) is 0 Å². The topological polar surface area (TPSA) is 6.48 Å². The molecule has 1 aliphatic carbocycles. The van der Waals surface area contributed by atoms with Gasteiger partial charge in [-0.3, -0.25) is 0 Å². The average Bonchev–Trinajstić information content (AvgIpc) is 2.35. The van der Waals surface area contributed by atoms with Gasteiger partial charge in [-0.15, -0.1) is 0 Å². The van der Waals surface area contributed by atoms with E-state index in [0.29, 0.717) is 0 Å². The van der Waals surface area contributed by atoms with Crippen molar-refractivity contribution in [3.63, 3.8) is 0 Å². The van der Waals surface area contributed by atoms with Crippen LogP contribution >= 0.6 is 0 Å². The highest BCUT2D eigenvalue weighted by atomic mass is 15.2. The van der Waals surface area contributed by atoms with Crippen molar-refractivity contribution in [3.8, 4) is 0 Å². The SMILES string of the molecule is CC(C)CN1CC(CC2CCN(C3CC(C(C)C)C3)CC2)C1. The molecule has 0 bridgehead atoms. The highest BCUT2D eigenvalue weighted by molar-refractivity contribution is 4.91. The van der Waals surface area contributed by atoms with Crippen LogP contribution < -0.4 is 0 Å². The number of likely N-dealkylation sites (tertiary alicyclic amines) is 2. The summed E-state index contributed by atoms with van der Waals surface area (Å²) in [5, 5.41) is 0. The van der Waals surface area contributed by atoms with Crippen molar-refractivity contribution in [1.82, 2.24) is 9.80 Å². The van der Waals surface area contributed by atoms with Crippen LogP contribution in [0.15, 0.2) is 0 Å². The van der Waals surface area contributed by atoms with E-state index >= 15 is 0 Å². The van der Waals surface area contributed by atoms with Gasteiger partial charge in [-0.25, -0.2) is 0 Å². The molecule has 3 rings (SSSR count). The Labute approximate surface area is 138 Å². The number of rotatable bonds is 6. The van der Waals surface area contributed by atoms with Gasteiger partial charge in [0.25, 0.3) is 0 Å². The Morgan fingerprint density at radius 2 is 1.55 bits per heavy atom. The van der Waals surface area contributed by atoms with E-state index < -0.39 is 0 Å². The largest absolute Gasteiger partial charge is 0.302 e. The molecule has 0 N–H and O–H groups in total. The average molecular weight is 307 g/mol. The zero-order valence-electron chi connectivity index (χ0n) is 15.4. The van der Waals surface area contributed by atoms with Crippen molar-refractivity contribution < 1.29 is 0 Å².